The molecule has 0 bridgehead atoms. The molecule has 0 radical (unpaired) electrons. The summed E-state index contributed by atoms with van der Waals surface area (Å²) in [6.07, 6.45) is 2.94. The Morgan fingerprint density at radius 3 is 2.59 bits per heavy atom. The molecule has 156 valence electrons. The van der Waals surface area contributed by atoms with E-state index in [0.29, 0.717) is 27.9 Å². The number of carbonyl (C=O) groups excluding carboxylic acids is 2. The van der Waals surface area contributed by atoms with E-state index in [-0.39, 0.29) is 12.6 Å². The van der Waals surface area contributed by atoms with Gasteiger partial charge in [0.15, 0.2) is 0 Å². The molecule has 2 N–H and O–H groups in total. The minimum atomic E-state index is -3.53. The molecule has 1 atom stereocenters. The lowest BCUT2D eigenvalue weighted by molar-refractivity contribution is -0.136. The monoisotopic (exact) mass is 455 g/mol. The van der Waals surface area contributed by atoms with Crippen molar-refractivity contribution in [2.75, 3.05) is 18.4 Å². The summed E-state index contributed by atoms with van der Waals surface area (Å²) in [7, 11) is -3.53. The smallest absolute Gasteiger partial charge is 0.313 e. The van der Waals surface area contributed by atoms with Crippen LogP contribution in [0.4, 0.5) is 5.69 Å². The van der Waals surface area contributed by atoms with Gasteiger partial charge in [-0.25, -0.2) is 8.42 Å². The van der Waals surface area contributed by atoms with Crippen LogP contribution in [0, 0.1) is 0 Å². The summed E-state index contributed by atoms with van der Waals surface area (Å²) in [4.78, 5) is 24.0. The molecule has 1 aromatic carbocycles. The van der Waals surface area contributed by atoms with E-state index in [0.717, 1.165) is 19.3 Å². The van der Waals surface area contributed by atoms with Crippen molar-refractivity contribution in [3.05, 3.63) is 46.8 Å². The Morgan fingerprint density at radius 1 is 1.14 bits per heavy atom. The second-order valence-electron chi connectivity index (χ2n) is 6.70. The van der Waals surface area contributed by atoms with E-state index in [1.54, 1.807) is 41.8 Å². The number of piperidine rings is 1. The summed E-state index contributed by atoms with van der Waals surface area (Å²) in [5.41, 5.74) is 0.468. The maximum Gasteiger partial charge on any atom is 0.313 e. The van der Waals surface area contributed by atoms with Gasteiger partial charge in [-0.15, -0.1) is 11.3 Å². The molecule has 7 nitrogen and oxygen atoms in total. The summed E-state index contributed by atoms with van der Waals surface area (Å²) in [6.45, 7) is 0.684. The molecular weight excluding hydrogens is 434 g/mol. The van der Waals surface area contributed by atoms with Crippen molar-refractivity contribution in [3.8, 4) is 0 Å². The zero-order chi connectivity index (χ0) is 20.9. The van der Waals surface area contributed by atoms with Gasteiger partial charge in [-0.3, -0.25) is 9.59 Å². The highest BCUT2D eigenvalue weighted by Crippen LogP contribution is 2.29. The van der Waals surface area contributed by atoms with Gasteiger partial charge in [0.1, 0.15) is 4.21 Å². The van der Waals surface area contributed by atoms with E-state index in [1.165, 1.54) is 15.6 Å². The molecule has 2 amide bonds. The third-order valence-corrected chi connectivity index (χ3v) is 8.28. The summed E-state index contributed by atoms with van der Waals surface area (Å²) in [5.74, 6) is -1.54. The fourth-order valence-electron chi connectivity index (χ4n) is 3.26. The fourth-order valence-corrected chi connectivity index (χ4v) is 6.23. The van der Waals surface area contributed by atoms with Gasteiger partial charge in [0.2, 0.25) is 0 Å². The van der Waals surface area contributed by atoms with Crippen molar-refractivity contribution in [2.45, 2.75) is 35.9 Å². The number of thiophene rings is 1. The topological polar surface area (TPSA) is 95.6 Å². The van der Waals surface area contributed by atoms with Gasteiger partial charge in [-0.05, 0) is 55.0 Å². The lowest BCUT2D eigenvalue weighted by Gasteiger charge is -2.34. The zero-order valence-electron chi connectivity index (χ0n) is 15.6. The van der Waals surface area contributed by atoms with E-state index >= 15 is 0 Å². The first-order valence-corrected chi connectivity index (χ1v) is 12.0. The van der Waals surface area contributed by atoms with Crippen LogP contribution in [-0.4, -0.2) is 43.7 Å². The Labute approximate surface area is 179 Å². The number of hydrogen-bond acceptors (Lipinski definition) is 5. The van der Waals surface area contributed by atoms with Gasteiger partial charge < -0.3 is 10.6 Å². The largest absolute Gasteiger partial charge is 0.348 e. The molecule has 1 aliphatic heterocycles. The molecular formula is C19H22ClN3O4S2. The standard InChI is InChI=1S/C19H22ClN3O4S2/c20-14-6-8-15(9-7-14)22-19(25)18(24)21-11-10-16-4-1-2-12-23(16)29(26,27)17-5-3-13-28-17/h3,5-9,13,16H,1-2,4,10-12H2,(H,21,24)(H,22,25). The molecule has 10 heteroatoms. The van der Waals surface area contributed by atoms with Crippen LogP contribution in [0.2, 0.25) is 5.02 Å². The number of benzene rings is 1. The van der Waals surface area contributed by atoms with Crippen LogP contribution < -0.4 is 10.6 Å². The first-order chi connectivity index (χ1) is 13.9. The fraction of sp³-hybridized carbons (Fsp3) is 0.368. The van der Waals surface area contributed by atoms with E-state index in [4.69, 9.17) is 11.6 Å². The van der Waals surface area contributed by atoms with Crippen molar-refractivity contribution >= 4 is 50.5 Å². The Hall–Kier alpha value is -1.94. The average Bonchev–Trinajstić information content (AvgIpc) is 3.26. The lowest BCUT2D eigenvalue weighted by Crippen LogP contribution is -2.45. The number of anilines is 1. The molecule has 29 heavy (non-hydrogen) atoms. The first kappa shape index (κ1) is 21.8. The number of rotatable bonds is 6. The number of nitrogens with zero attached hydrogens (tertiary/aromatic N) is 1. The number of nitrogens with one attached hydrogen (secondary N) is 2. The van der Waals surface area contributed by atoms with Crippen LogP contribution in [0.1, 0.15) is 25.7 Å². The number of hydrogen-bond donors (Lipinski definition) is 2. The number of halogens is 1. The molecule has 1 unspecified atom stereocenters. The summed E-state index contributed by atoms with van der Waals surface area (Å²) in [5, 5.41) is 7.34. The van der Waals surface area contributed by atoms with E-state index in [2.05, 4.69) is 10.6 Å². The third-order valence-electron chi connectivity index (χ3n) is 4.70. The Kier molecular flexibility index (Phi) is 7.28. The van der Waals surface area contributed by atoms with Gasteiger partial charge in [0.25, 0.3) is 10.0 Å². The number of amides is 2. The quantitative estimate of drug-likeness (QED) is 0.654. The minimum Gasteiger partial charge on any atom is -0.348 e. The van der Waals surface area contributed by atoms with E-state index in [9.17, 15) is 18.0 Å². The normalized spacial score (nSPS) is 17.6. The van der Waals surface area contributed by atoms with Gasteiger partial charge in [-0.2, -0.15) is 4.31 Å². The summed E-state index contributed by atoms with van der Waals surface area (Å²) >= 11 is 6.99. The van der Waals surface area contributed by atoms with Crippen molar-refractivity contribution in [1.29, 1.82) is 0 Å². The minimum absolute atomic E-state index is 0.199. The Bertz CT molecular complexity index is 946. The molecule has 0 spiro atoms. The lowest BCUT2D eigenvalue weighted by atomic mass is 10.0. The predicted octanol–water partition coefficient (Wildman–Crippen LogP) is 3.09. The highest BCUT2D eigenvalue weighted by molar-refractivity contribution is 7.91. The zero-order valence-corrected chi connectivity index (χ0v) is 18.0. The van der Waals surface area contributed by atoms with Gasteiger partial charge in [-0.1, -0.05) is 24.1 Å². The Balaban J connectivity index is 1.53. The second kappa shape index (κ2) is 9.71. The van der Waals surface area contributed by atoms with E-state index in [1.807, 2.05) is 0 Å². The van der Waals surface area contributed by atoms with Gasteiger partial charge in [0, 0.05) is 29.8 Å². The van der Waals surface area contributed by atoms with Crippen LogP contribution in [-0.2, 0) is 19.6 Å². The van der Waals surface area contributed by atoms with Crippen LogP contribution in [0.25, 0.3) is 0 Å². The molecule has 2 heterocycles. The molecule has 0 saturated carbocycles. The van der Waals surface area contributed by atoms with Crippen LogP contribution in [0.15, 0.2) is 46.0 Å². The molecule has 1 aromatic heterocycles. The molecule has 1 aliphatic rings. The molecule has 3 rings (SSSR count). The molecule has 1 fully saturated rings. The van der Waals surface area contributed by atoms with E-state index < -0.39 is 21.8 Å². The van der Waals surface area contributed by atoms with Crippen molar-refractivity contribution in [3.63, 3.8) is 0 Å². The Morgan fingerprint density at radius 2 is 1.90 bits per heavy atom. The third kappa shape index (κ3) is 5.57. The maximum atomic E-state index is 12.9. The molecule has 0 aliphatic carbocycles. The average molecular weight is 456 g/mol. The molecule has 2 aromatic rings. The van der Waals surface area contributed by atoms with Gasteiger partial charge >= 0.3 is 11.8 Å². The van der Waals surface area contributed by atoms with Crippen LogP contribution >= 0.6 is 22.9 Å². The van der Waals surface area contributed by atoms with Crippen LogP contribution in [0.3, 0.4) is 0 Å². The summed E-state index contributed by atoms with van der Waals surface area (Å²) in [6, 6.07) is 9.55. The van der Waals surface area contributed by atoms with Gasteiger partial charge in [0.05, 0.1) is 0 Å². The van der Waals surface area contributed by atoms with Crippen molar-refractivity contribution in [1.82, 2.24) is 9.62 Å². The first-order valence-electron chi connectivity index (χ1n) is 9.28. The van der Waals surface area contributed by atoms with Crippen LogP contribution in [0.5, 0.6) is 0 Å². The highest BCUT2D eigenvalue weighted by Gasteiger charge is 2.33. The predicted molar refractivity (Wildman–Crippen MR) is 114 cm³/mol. The highest BCUT2D eigenvalue weighted by atomic mass is 35.5. The second-order valence-corrected chi connectivity index (χ2v) is 10.2. The summed E-state index contributed by atoms with van der Waals surface area (Å²) < 4.78 is 27.6. The molecule has 1 saturated heterocycles. The van der Waals surface area contributed by atoms with Crippen molar-refractivity contribution < 1.29 is 18.0 Å². The number of carbonyl (C=O) groups is 2. The van der Waals surface area contributed by atoms with Crippen molar-refractivity contribution in [2.24, 2.45) is 0 Å². The number of sulfonamides is 1. The SMILES string of the molecule is O=C(NCCC1CCCCN1S(=O)(=O)c1cccs1)C(=O)Nc1ccc(Cl)cc1. The maximum absolute atomic E-state index is 12.9.